The molecule has 0 saturated carbocycles. The summed E-state index contributed by atoms with van der Waals surface area (Å²) in [6, 6.07) is 0.601. The molecule has 0 aliphatic rings. The third kappa shape index (κ3) is 2.84. The highest BCUT2D eigenvalue weighted by atomic mass is 15.1. The maximum Gasteiger partial charge on any atom is 0.0535 e. The summed E-state index contributed by atoms with van der Waals surface area (Å²) in [4.78, 5) is 0. The van der Waals surface area contributed by atoms with Gasteiger partial charge in [-0.2, -0.15) is 5.10 Å². The highest BCUT2D eigenvalue weighted by molar-refractivity contribution is 5.13. The van der Waals surface area contributed by atoms with Gasteiger partial charge in [0.05, 0.1) is 6.20 Å². The molecule has 1 unspecified atom stereocenters. The number of aryl methyl sites for hydroxylation is 1. The lowest BCUT2D eigenvalue weighted by Crippen LogP contribution is -2.32. The first-order chi connectivity index (χ1) is 6.65. The minimum atomic E-state index is 0.601. The molecular weight excluding hydrogens is 174 g/mol. The minimum absolute atomic E-state index is 0.601. The van der Waals surface area contributed by atoms with Crippen molar-refractivity contribution in [1.82, 2.24) is 15.5 Å². The molecule has 80 valence electrons. The van der Waals surface area contributed by atoms with Gasteiger partial charge in [0.1, 0.15) is 0 Å². The molecule has 3 heteroatoms. The first-order valence-corrected chi connectivity index (χ1v) is 5.37. The van der Waals surface area contributed by atoms with Gasteiger partial charge in [-0.3, -0.25) is 5.10 Å². The molecule has 1 aromatic rings. The van der Waals surface area contributed by atoms with E-state index in [0.29, 0.717) is 12.0 Å². The van der Waals surface area contributed by atoms with E-state index < -0.39 is 0 Å². The first kappa shape index (κ1) is 11.2. The number of aromatic nitrogens is 2. The molecule has 3 nitrogen and oxygen atoms in total. The van der Waals surface area contributed by atoms with E-state index >= 15 is 0 Å². The zero-order valence-electron chi connectivity index (χ0n) is 9.59. The first-order valence-electron chi connectivity index (χ1n) is 5.37. The molecule has 0 aliphatic heterocycles. The van der Waals surface area contributed by atoms with Crippen LogP contribution in [0.4, 0.5) is 0 Å². The van der Waals surface area contributed by atoms with Gasteiger partial charge in [-0.15, -0.1) is 0 Å². The fraction of sp³-hybridized carbons (Fsp3) is 0.727. The van der Waals surface area contributed by atoms with Crippen molar-refractivity contribution < 1.29 is 0 Å². The molecule has 0 amide bonds. The van der Waals surface area contributed by atoms with Crippen LogP contribution in [0.3, 0.4) is 0 Å². The predicted octanol–water partition coefficient (Wildman–Crippen LogP) is 2.24. The number of nitrogens with one attached hydrogen (secondary N) is 2. The van der Waals surface area contributed by atoms with E-state index in [1.165, 1.54) is 12.0 Å². The van der Waals surface area contributed by atoms with Crippen LogP contribution in [0.15, 0.2) is 6.20 Å². The predicted molar refractivity (Wildman–Crippen MR) is 59.1 cm³/mol. The Morgan fingerprint density at radius 3 is 2.64 bits per heavy atom. The lowest BCUT2D eigenvalue weighted by atomic mass is 10.0. The maximum absolute atomic E-state index is 4.01. The third-order valence-electron chi connectivity index (χ3n) is 2.73. The summed E-state index contributed by atoms with van der Waals surface area (Å²) in [5.41, 5.74) is 2.43. The zero-order valence-corrected chi connectivity index (χ0v) is 9.59. The van der Waals surface area contributed by atoms with Crippen LogP contribution in [0, 0.1) is 12.8 Å². The topological polar surface area (TPSA) is 40.7 Å². The quantitative estimate of drug-likeness (QED) is 0.756. The summed E-state index contributed by atoms with van der Waals surface area (Å²) in [6.07, 6.45) is 3.07. The maximum atomic E-state index is 4.01. The molecule has 0 saturated heterocycles. The van der Waals surface area contributed by atoms with Gasteiger partial charge < -0.3 is 5.32 Å². The summed E-state index contributed by atoms with van der Waals surface area (Å²) < 4.78 is 0. The summed E-state index contributed by atoms with van der Waals surface area (Å²) in [7, 11) is 0. The lowest BCUT2D eigenvalue weighted by Gasteiger charge is -2.20. The van der Waals surface area contributed by atoms with Gasteiger partial charge in [-0.1, -0.05) is 20.8 Å². The Morgan fingerprint density at radius 2 is 2.21 bits per heavy atom. The molecule has 0 aromatic carbocycles. The number of H-pyrrole nitrogens is 1. The molecule has 1 aromatic heterocycles. The van der Waals surface area contributed by atoms with Gasteiger partial charge >= 0.3 is 0 Å². The van der Waals surface area contributed by atoms with Crippen LogP contribution in [-0.2, 0) is 6.54 Å². The fourth-order valence-electron chi connectivity index (χ4n) is 1.65. The summed E-state index contributed by atoms with van der Waals surface area (Å²) in [6.45, 7) is 9.70. The van der Waals surface area contributed by atoms with Gasteiger partial charge in [0.25, 0.3) is 0 Å². The average Bonchev–Trinajstić information content (AvgIpc) is 2.52. The van der Waals surface area contributed by atoms with Crippen molar-refractivity contribution in [2.75, 3.05) is 0 Å². The third-order valence-corrected chi connectivity index (χ3v) is 2.73. The molecule has 1 heterocycles. The van der Waals surface area contributed by atoms with Gasteiger partial charge in [0.2, 0.25) is 0 Å². The largest absolute Gasteiger partial charge is 0.310 e. The number of hydrogen-bond donors (Lipinski definition) is 2. The van der Waals surface area contributed by atoms with E-state index in [4.69, 9.17) is 0 Å². The van der Waals surface area contributed by atoms with Gasteiger partial charge in [-0.25, -0.2) is 0 Å². The van der Waals surface area contributed by atoms with Crippen molar-refractivity contribution in [3.63, 3.8) is 0 Å². The molecule has 14 heavy (non-hydrogen) atoms. The van der Waals surface area contributed by atoms with Gasteiger partial charge in [-0.05, 0) is 19.3 Å². The highest BCUT2D eigenvalue weighted by Gasteiger charge is 2.10. The van der Waals surface area contributed by atoms with E-state index in [1.54, 1.807) is 0 Å². The van der Waals surface area contributed by atoms with E-state index in [2.05, 4.69) is 43.2 Å². The molecule has 0 fully saturated rings. The van der Waals surface area contributed by atoms with Crippen LogP contribution < -0.4 is 5.32 Å². The Balaban J connectivity index is 2.43. The molecule has 2 N–H and O–H groups in total. The Kier molecular flexibility index (Phi) is 4.14. The van der Waals surface area contributed by atoms with Crippen molar-refractivity contribution in [2.45, 2.75) is 46.7 Å². The van der Waals surface area contributed by atoms with E-state index in [1.807, 2.05) is 6.20 Å². The Bertz CT molecular complexity index is 265. The summed E-state index contributed by atoms with van der Waals surface area (Å²) >= 11 is 0. The number of rotatable bonds is 5. The van der Waals surface area contributed by atoms with Crippen LogP contribution in [-0.4, -0.2) is 16.2 Å². The Labute approximate surface area is 86.3 Å². The van der Waals surface area contributed by atoms with E-state index in [0.717, 1.165) is 12.2 Å². The molecular formula is C11H21N3. The minimum Gasteiger partial charge on any atom is -0.310 e. The van der Waals surface area contributed by atoms with Crippen molar-refractivity contribution in [2.24, 2.45) is 5.92 Å². The van der Waals surface area contributed by atoms with Crippen LogP contribution in [0.25, 0.3) is 0 Å². The van der Waals surface area contributed by atoms with E-state index in [-0.39, 0.29) is 0 Å². The standard InChI is InChI=1S/C11H21N3/c1-5-11(8(2)3)12-6-10-7-13-14-9(10)4/h7-8,11-12H,5-6H2,1-4H3,(H,13,14). The smallest absolute Gasteiger partial charge is 0.0535 e. The number of hydrogen-bond acceptors (Lipinski definition) is 2. The second-order valence-electron chi connectivity index (χ2n) is 4.16. The average molecular weight is 195 g/mol. The van der Waals surface area contributed by atoms with Crippen LogP contribution in [0.2, 0.25) is 0 Å². The fourth-order valence-corrected chi connectivity index (χ4v) is 1.65. The number of nitrogens with zero attached hydrogens (tertiary/aromatic N) is 1. The molecule has 1 rings (SSSR count). The molecule has 1 atom stereocenters. The molecule has 0 aliphatic carbocycles. The van der Waals surface area contributed by atoms with Crippen LogP contribution >= 0.6 is 0 Å². The second-order valence-corrected chi connectivity index (χ2v) is 4.16. The Hall–Kier alpha value is -0.830. The highest BCUT2D eigenvalue weighted by Crippen LogP contribution is 2.08. The van der Waals surface area contributed by atoms with E-state index in [9.17, 15) is 0 Å². The molecule has 0 spiro atoms. The second kappa shape index (κ2) is 5.15. The lowest BCUT2D eigenvalue weighted by molar-refractivity contribution is 0.387. The summed E-state index contributed by atoms with van der Waals surface area (Å²) in [5, 5.41) is 10.5. The molecule has 0 bridgehead atoms. The normalized spacial score (nSPS) is 13.5. The van der Waals surface area contributed by atoms with Crippen molar-refractivity contribution >= 4 is 0 Å². The van der Waals surface area contributed by atoms with Crippen molar-refractivity contribution in [3.8, 4) is 0 Å². The van der Waals surface area contributed by atoms with Crippen LogP contribution in [0.5, 0.6) is 0 Å². The van der Waals surface area contributed by atoms with Crippen molar-refractivity contribution in [1.29, 1.82) is 0 Å². The SMILES string of the molecule is CCC(NCc1cn[nH]c1C)C(C)C. The van der Waals surface area contributed by atoms with Crippen molar-refractivity contribution in [3.05, 3.63) is 17.5 Å². The number of aromatic amines is 1. The Morgan fingerprint density at radius 1 is 1.50 bits per heavy atom. The zero-order chi connectivity index (χ0) is 10.6. The van der Waals surface area contributed by atoms with Gasteiger partial charge in [0.15, 0.2) is 0 Å². The van der Waals surface area contributed by atoms with Crippen LogP contribution in [0.1, 0.15) is 38.4 Å². The van der Waals surface area contributed by atoms with Gasteiger partial charge in [0, 0.05) is 23.8 Å². The monoisotopic (exact) mass is 195 g/mol. The molecule has 0 radical (unpaired) electrons. The summed E-state index contributed by atoms with van der Waals surface area (Å²) in [5.74, 6) is 0.687.